The van der Waals surface area contributed by atoms with Gasteiger partial charge in [-0.15, -0.1) is 0 Å². The van der Waals surface area contributed by atoms with Crippen molar-refractivity contribution in [2.75, 3.05) is 19.8 Å². The van der Waals surface area contributed by atoms with Crippen LogP contribution in [0.4, 0.5) is 13.2 Å². The summed E-state index contributed by atoms with van der Waals surface area (Å²) in [5.41, 5.74) is -0.256. The third kappa shape index (κ3) is 5.08. The van der Waals surface area contributed by atoms with E-state index in [4.69, 9.17) is 9.84 Å². The Morgan fingerprint density at radius 3 is 2.63 bits per heavy atom. The fraction of sp³-hybridized carbons (Fsp3) is 0.538. The molecule has 19 heavy (non-hydrogen) atoms. The molecular weight excluding hydrogens is 259 g/mol. The quantitative estimate of drug-likeness (QED) is 0.753. The fourth-order valence-electron chi connectivity index (χ4n) is 1.60. The molecule has 6 heteroatoms. The zero-order chi connectivity index (χ0) is 14.3. The molecule has 0 atom stereocenters. The van der Waals surface area contributed by atoms with Crippen LogP contribution in [0.3, 0.4) is 0 Å². The minimum Gasteiger partial charge on any atom is -0.491 e. The molecule has 0 amide bonds. The summed E-state index contributed by atoms with van der Waals surface area (Å²) in [6.07, 6.45) is -3.55. The number of aliphatic hydroxyl groups excluding tert-OH is 1. The Morgan fingerprint density at radius 2 is 2.05 bits per heavy atom. The van der Waals surface area contributed by atoms with Gasteiger partial charge in [0.25, 0.3) is 0 Å². The zero-order valence-electron chi connectivity index (χ0n) is 10.8. The summed E-state index contributed by atoms with van der Waals surface area (Å²) in [6, 6.07) is 3.96. The number of alkyl halides is 3. The van der Waals surface area contributed by atoms with E-state index in [0.29, 0.717) is 12.1 Å². The number of hydrogen-bond acceptors (Lipinski definition) is 3. The maximum Gasteiger partial charge on any atom is 0.419 e. The number of rotatable bonds is 7. The summed E-state index contributed by atoms with van der Waals surface area (Å²) in [6.45, 7) is 2.65. The second-order valence-corrected chi connectivity index (χ2v) is 4.08. The van der Waals surface area contributed by atoms with E-state index < -0.39 is 11.7 Å². The van der Waals surface area contributed by atoms with Crippen molar-refractivity contribution in [3.05, 3.63) is 29.3 Å². The molecule has 0 aromatic heterocycles. The first-order valence-corrected chi connectivity index (χ1v) is 6.13. The van der Waals surface area contributed by atoms with Crippen LogP contribution in [0, 0.1) is 0 Å². The molecule has 108 valence electrons. The highest BCUT2D eigenvalue weighted by molar-refractivity contribution is 5.39. The van der Waals surface area contributed by atoms with Crippen molar-refractivity contribution in [2.45, 2.75) is 26.1 Å². The van der Waals surface area contributed by atoms with Crippen molar-refractivity contribution in [3.63, 3.8) is 0 Å². The summed E-state index contributed by atoms with van der Waals surface area (Å²) in [5, 5.41) is 11.6. The van der Waals surface area contributed by atoms with Gasteiger partial charge in [0.2, 0.25) is 0 Å². The summed E-state index contributed by atoms with van der Waals surface area (Å²) in [4.78, 5) is 0. The second-order valence-electron chi connectivity index (χ2n) is 4.08. The Kier molecular flexibility index (Phi) is 6.11. The highest BCUT2D eigenvalue weighted by Gasteiger charge is 2.34. The molecule has 1 aromatic rings. The average Bonchev–Trinajstić information content (AvgIpc) is 2.36. The van der Waals surface area contributed by atoms with Crippen LogP contribution in [0.5, 0.6) is 5.75 Å². The van der Waals surface area contributed by atoms with Gasteiger partial charge >= 0.3 is 6.18 Å². The largest absolute Gasteiger partial charge is 0.491 e. The third-order valence-electron chi connectivity index (χ3n) is 2.45. The lowest BCUT2D eigenvalue weighted by molar-refractivity contribution is -0.139. The monoisotopic (exact) mass is 277 g/mol. The number of halogens is 3. The van der Waals surface area contributed by atoms with Crippen molar-refractivity contribution in [3.8, 4) is 5.75 Å². The van der Waals surface area contributed by atoms with Crippen molar-refractivity contribution in [1.29, 1.82) is 0 Å². The van der Waals surface area contributed by atoms with Crippen molar-refractivity contribution >= 4 is 0 Å². The predicted octanol–water partition coefficient (Wildman–Crippen LogP) is 2.58. The van der Waals surface area contributed by atoms with Gasteiger partial charge in [-0.2, -0.15) is 13.2 Å². The highest BCUT2D eigenvalue weighted by Crippen LogP contribution is 2.36. The summed E-state index contributed by atoms with van der Waals surface area (Å²) in [5.74, 6) is -0.249. The molecule has 0 saturated carbocycles. The molecule has 0 fully saturated rings. The lowest BCUT2D eigenvalue weighted by Crippen LogP contribution is -2.16. The van der Waals surface area contributed by atoms with Crippen LogP contribution < -0.4 is 10.1 Å². The van der Waals surface area contributed by atoms with E-state index in [1.165, 1.54) is 6.07 Å². The van der Waals surface area contributed by atoms with Gasteiger partial charge in [0.15, 0.2) is 0 Å². The Morgan fingerprint density at radius 1 is 1.32 bits per heavy atom. The van der Waals surface area contributed by atoms with E-state index in [0.717, 1.165) is 19.0 Å². The molecule has 1 aromatic carbocycles. The molecule has 0 aliphatic carbocycles. The minimum absolute atomic E-state index is 0.156. The molecule has 0 aliphatic rings. The van der Waals surface area contributed by atoms with Crippen molar-refractivity contribution < 1.29 is 23.0 Å². The van der Waals surface area contributed by atoms with Crippen LogP contribution in [0.25, 0.3) is 0 Å². The van der Waals surface area contributed by atoms with Crippen LogP contribution in [0.2, 0.25) is 0 Å². The molecule has 0 radical (unpaired) electrons. The van der Waals surface area contributed by atoms with Gasteiger partial charge < -0.3 is 15.2 Å². The summed E-state index contributed by atoms with van der Waals surface area (Å²) < 4.78 is 43.5. The van der Waals surface area contributed by atoms with Crippen LogP contribution in [-0.2, 0) is 12.7 Å². The standard InChI is InChI=1S/C13H18F3NO2/c1-2-5-17-9-10-3-4-12(19-7-6-18)11(8-10)13(14,15)16/h3-4,8,17-18H,2,5-7,9H2,1H3. The molecule has 0 spiro atoms. The molecule has 0 saturated heterocycles. The molecule has 1 rings (SSSR count). The first kappa shape index (κ1) is 15.8. The smallest absolute Gasteiger partial charge is 0.419 e. The molecule has 0 unspecified atom stereocenters. The molecular formula is C13H18F3NO2. The first-order chi connectivity index (χ1) is 8.99. The lowest BCUT2D eigenvalue weighted by Gasteiger charge is -2.15. The van der Waals surface area contributed by atoms with E-state index in [1.807, 2.05) is 6.92 Å². The van der Waals surface area contributed by atoms with Crippen molar-refractivity contribution in [1.82, 2.24) is 5.32 Å². The summed E-state index contributed by atoms with van der Waals surface area (Å²) in [7, 11) is 0. The number of ether oxygens (including phenoxy) is 1. The fourth-order valence-corrected chi connectivity index (χ4v) is 1.60. The van der Waals surface area contributed by atoms with Gasteiger partial charge in [-0.25, -0.2) is 0 Å². The maximum atomic E-state index is 12.9. The SMILES string of the molecule is CCCNCc1ccc(OCCO)c(C(F)(F)F)c1. The highest BCUT2D eigenvalue weighted by atomic mass is 19.4. The lowest BCUT2D eigenvalue weighted by atomic mass is 10.1. The van der Waals surface area contributed by atoms with Crippen LogP contribution in [0.15, 0.2) is 18.2 Å². The minimum atomic E-state index is -4.47. The predicted molar refractivity (Wildman–Crippen MR) is 66.0 cm³/mol. The molecule has 0 aliphatic heterocycles. The van der Waals surface area contributed by atoms with Gasteiger partial charge in [0.05, 0.1) is 12.2 Å². The van der Waals surface area contributed by atoms with Crippen LogP contribution >= 0.6 is 0 Å². The maximum absolute atomic E-state index is 12.9. The van der Waals surface area contributed by atoms with Gasteiger partial charge in [-0.3, -0.25) is 0 Å². The topological polar surface area (TPSA) is 41.5 Å². The van der Waals surface area contributed by atoms with Crippen molar-refractivity contribution in [2.24, 2.45) is 0 Å². The number of hydrogen-bond donors (Lipinski definition) is 2. The number of nitrogens with one attached hydrogen (secondary N) is 1. The van der Waals surface area contributed by atoms with E-state index in [-0.39, 0.29) is 19.0 Å². The Labute approximate surface area is 110 Å². The average molecular weight is 277 g/mol. The normalized spacial score (nSPS) is 11.6. The van der Waals surface area contributed by atoms with E-state index in [1.54, 1.807) is 6.07 Å². The molecule has 0 bridgehead atoms. The summed E-state index contributed by atoms with van der Waals surface area (Å²) >= 11 is 0. The van der Waals surface area contributed by atoms with Gasteiger partial charge in [0.1, 0.15) is 12.4 Å². The number of benzene rings is 1. The van der Waals surface area contributed by atoms with Gasteiger partial charge in [-0.1, -0.05) is 13.0 Å². The van der Waals surface area contributed by atoms with Gasteiger partial charge in [-0.05, 0) is 30.7 Å². The molecule has 2 N–H and O–H groups in total. The second kappa shape index (κ2) is 7.35. The molecule has 0 heterocycles. The van der Waals surface area contributed by atoms with Gasteiger partial charge in [0, 0.05) is 6.54 Å². The Hall–Kier alpha value is -1.27. The zero-order valence-corrected chi connectivity index (χ0v) is 10.8. The van der Waals surface area contributed by atoms with Crippen LogP contribution in [-0.4, -0.2) is 24.9 Å². The number of aliphatic hydroxyl groups is 1. The first-order valence-electron chi connectivity index (χ1n) is 6.13. The Balaban J connectivity index is 2.88. The van der Waals surface area contributed by atoms with E-state index >= 15 is 0 Å². The van der Waals surface area contributed by atoms with E-state index in [2.05, 4.69) is 5.32 Å². The Bertz CT molecular complexity index is 394. The van der Waals surface area contributed by atoms with E-state index in [9.17, 15) is 13.2 Å². The van der Waals surface area contributed by atoms with Crippen LogP contribution in [0.1, 0.15) is 24.5 Å². The third-order valence-corrected chi connectivity index (χ3v) is 2.45. The molecule has 3 nitrogen and oxygen atoms in total.